The lowest BCUT2D eigenvalue weighted by atomic mass is 10.1. The van der Waals surface area contributed by atoms with Gasteiger partial charge in [-0.25, -0.2) is 0 Å². The summed E-state index contributed by atoms with van der Waals surface area (Å²) in [6.07, 6.45) is 23.0. The second-order valence-corrected chi connectivity index (χ2v) is 5.54. The SMILES string of the molecule is CCCC/C=C/CCC=CCCCCCCCC(=O)OC. The van der Waals surface area contributed by atoms with Gasteiger partial charge in [-0.15, -0.1) is 0 Å². The Morgan fingerprint density at radius 2 is 1.29 bits per heavy atom. The molecule has 2 nitrogen and oxygen atoms in total. The third-order valence-corrected chi connectivity index (χ3v) is 3.54. The Labute approximate surface area is 131 Å². The van der Waals surface area contributed by atoms with Gasteiger partial charge in [0, 0.05) is 6.42 Å². The number of rotatable bonds is 14. The van der Waals surface area contributed by atoms with Crippen LogP contribution in [-0.2, 0) is 9.53 Å². The highest BCUT2D eigenvalue weighted by Crippen LogP contribution is 2.08. The number of methoxy groups -OCH3 is 1. The maximum absolute atomic E-state index is 10.9. The van der Waals surface area contributed by atoms with Crippen LogP contribution in [0.3, 0.4) is 0 Å². The van der Waals surface area contributed by atoms with Crippen LogP contribution < -0.4 is 0 Å². The monoisotopic (exact) mass is 294 g/mol. The van der Waals surface area contributed by atoms with Crippen LogP contribution in [0.2, 0.25) is 0 Å². The van der Waals surface area contributed by atoms with Gasteiger partial charge < -0.3 is 4.74 Å². The van der Waals surface area contributed by atoms with E-state index in [2.05, 4.69) is 36.0 Å². The molecule has 0 rings (SSSR count). The van der Waals surface area contributed by atoms with Crippen LogP contribution in [0.25, 0.3) is 0 Å². The highest BCUT2D eigenvalue weighted by molar-refractivity contribution is 5.68. The molecule has 0 aliphatic carbocycles. The fourth-order valence-corrected chi connectivity index (χ4v) is 2.15. The first-order chi connectivity index (χ1) is 10.3. The lowest BCUT2D eigenvalue weighted by molar-refractivity contribution is -0.140. The largest absolute Gasteiger partial charge is 0.469 e. The molecule has 0 aromatic carbocycles. The van der Waals surface area contributed by atoms with E-state index in [1.54, 1.807) is 0 Å². The van der Waals surface area contributed by atoms with E-state index in [0.29, 0.717) is 6.42 Å². The number of unbranched alkanes of at least 4 members (excludes halogenated alkanes) is 8. The van der Waals surface area contributed by atoms with Gasteiger partial charge in [-0.1, -0.05) is 63.3 Å². The van der Waals surface area contributed by atoms with Gasteiger partial charge in [-0.05, 0) is 38.5 Å². The molecule has 0 atom stereocenters. The Balaban J connectivity index is 3.18. The van der Waals surface area contributed by atoms with Gasteiger partial charge in [0.15, 0.2) is 0 Å². The molecule has 0 N–H and O–H groups in total. The van der Waals surface area contributed by atoms with Crippen molar-refractivity contribution in [1.82, 2.24) is 0 Å². The van der Waals surface area contributed by atoms with Crippen LogP contribution in [-0.4, -0.2) is 13.1 Å². The summed E-state index contributed by atoms with van der Waals surface area (Å²) in [6.45, 7) is 2.23. The zero-order valence-electron chi connectivity index (χ0n) is 14.1. The molecule has 0 aromatic rings. The summed E-state index contributed by atoms with van der Waals surface area (Å²) in [6, 6.07) is 0. The summed E-state index contributed by atoms with van der Waals surface area (Å²) in [5, 5.41) is 0. The number of hydrogen-bond donors (Lipinski definition) is 0. The molecule has 0 heterocycles. The molecule has 2 heteroatoms. The maximum Gasteiger partial charge on any atom is 0.305 e. The maximum atomic E-state index is 10.9. The van der Waals surface area contributed by atoms with E-state index in [1.165, 1.54) is 64.9 Å². The van der Waals surface area contributed by atoms with Gasteiger partial charge in [0.25, 0.3) is 0 Å². The molecule has 0 amide bonds. The molecule has 0 fully saturated rings. The van der Waals surface area contributed by atoms with Crippen LogP contribution >= 0.6 is 0 Å². The Kier molecular flexibility index (Phi) is 16.2. The lowest BCUT2D eigenvalue weighted by Crippen LogP contribution is -1.98. The first-order valence-corrected chi connectivity index (χ1v) is 8.68. The van der Waals surface area contributed by atoms with Gasteiger partial charge >= 0.3 is 5.97 Å². The molecule has 0 aliphatic heterocycles. The van der Waals surface area contributed by atoms with Gasteiger partial charge in [0.05, 0.1) is 7.11 Å². The molecule has 0 spiro atoms. The summed E-state index contributed by atoms with van der Waals surface area (Å²) in [4.78, 5) is 10.9. The van der Waals surface area contributed by atoms with Crippen LogP contribution in [0.1, 0.15) is 84.0 Å². The van der Waals surface area contributed by atoms with E-state index in [0.717, 1.165) is 12.8 Å². The van der Waals surface area contributed by atoms with Gasteiger partial charge in [0.1, 0.15) is 0 Å². The topological polar surface area (TPSA) is 26.3 Å². The van der Waals surface area contributed by atoms with Crippen molar-refractivity contribution in [1.29, 1.82) is 0 Å². The molecule has 0 aromatic heterocycles. The number of carbonyl (C=O) groups excluding carboxylic acids is 1. The minimum absolute atomic E-state index is 0.0818. The van der Waals surface area contributed by atoms with Crippen molar-refractivity contribution in [3.63, 3.8) is 0 Å². The number of carbonyl (C=O) groups is 1. The smallest absolute Gasteiger partial charge is 0.305 e. The first kappa shape index (κ1) is 19.9. The van der Waals surface area contributed by atoms with Crippen molar-refractivity contribution >= 4 is 5.97 Å². The van der Waals surface area contributed by atoms with E-state index < -0.39 is 0 Å². The van der Waals surface area contributed by atoms with Crippen molar-refractivity contribution in [2.75, 3.05) is 7.11 Å². The van der Waals surface area contributed by atoms with E-state index in [-0.39, 0.29) is 5.97 Å². The summed E-state index contributed by atoms with van der Waals surface area (Å²) in [5.74, 6) is -0.0818. The standard InChI is InChI=1S/C19H34O2/c1-3-4-5-6-7-8-9-10-11-12-13-14-15-16-17-18-19(20)21-2/h6-7,10-11H,3-5,8-9,12-18H2,1-2H3/b7-6+,11-10?. The molecule has 0 unspecified atom stereocenters. The quantitative estimate of drug-likeness (QED) is 0.224. The van der Waals surface area contributed by atoms with Gasteiger partial charge in [0.2, 0.25) is 0 Å². The number of allylic oxidation sites excluding steroid dienone is 4. The molecule has 0 aliphatic rings. The molecule has 0 bridgehead atoms. The zero-order chi connectivity index (χ0) is 15.6. The summed E-state index contributed by atoms with van der Waals surface area (Å²) < 4.78 is 4.62. The molecule has 0 radical (unpaired) electrons. The highest BCUT2D eigenvalue weighted by Gasteiger charge is 1.98. The molecule has 122 valence electrons. The molecular weight excluding hydrogens is 260 g/mol. The summed E-state index contributed by atoms with van der Waals surface area (Å²) in [7, 11) is 1.45. The van der Waals surface area contributed by atoms with Crippen molar-refractivity contribution in [3.05, 3.63) is 24.3 Å². The fourth-order valence-electron chi connectivity index (χ4n) is 2.15. The van der Waals surface area contributed by atoms with E-state index in [4.69, 9.17) is 0 Å². The van der Waals surface area contributed by atoms with Crippen molar-refractivity contribution in [2.45, 2.75) is 84.0 Å². The molecular formula is C19H34O2. The molecule has 0 saturated carbocycles. The first-order valence-electron chi connectivity index (χ1n) is 8.68. The minimum atomic E-state index is -0.0818. The average Bonchev–Trinajstić information content (AvgIpc) is 2.50. The van der Waals surface area contributed by atoms with Crippen molar-refractivity contribution in [2.24, 2.45) is 0 Å². The Hall–Kier alpha value is -1.05. The average molecular weight is 294 g/mol. The predicted octanol–water partition coefficient (Wildman–Crippen LogP) is 5.97. The van der Waals surface area contributed by atoms with Crippen LogP contribution in [0.4, 0.5) is 0 Å². The lowest BCUT2D eigenvalue weighted by Gasteiger charge is -2.00. The number of ether oxygens (including phenoxy) is 1. The number of hydrogen-bond acceptors (Lipinski definition) is 2. The summed E-state index contributed by atoms with van der Waals surface area (Å²) >= 11 is 0. The van der Waals surface area contributed by atoms with Crippen LogP contribution in [0.15, 0.2) is 24.3 Å². The van der Waals surface area contributed by atoms with E-state index in [9.17, 15) is 4.79 Å². The van der Waals surface area contributed by atoms with E-state index in [1.807, 2.05) is 0 Å². The second-order valence-electron chi connectivity index (χ2n) is 5.54. The Morgan fingerprint density at radius 1 is 0.762 bits per heavy atom. The van der Waals surface area contributed by atoms with Crippen molar-refractivity contribution in [3.8, 4) is 0 Å². The third-order valence-electron chi connectivity index (χ3n) is 3.54. The normalized spacial score (nSPS) is 11.5. The van der Waals surface area contributed by atoms with Crippen LogP contribution in [0.5, 0.6) is 0 Å². The van der Waals surface area contributed by atoms with Crippen LogP contribution in [0, 0.1) is 0 Å². The van der Waals surface area contributed by atoms with Gasteiger partial charge in [-0.3, -0.25) is 4.79 Å². The Morgan fingerprint density at radius 3 is 1.90 bits per heavy atom. The predicted molar refractivity (Wildman–Crippen MR) is 91.4 cm³/mol. The Bertz CT molecular complexity index is 279. The van der Waals surface area contributed by atoms with Crippen molar-refractivity contribution < 1.29 is 9.53 Å². The molecule has 0 saturated heterocycles. The highest BCUT2D eigenvalue weighted by atomic mass is 16.5. The van der Waals surface area contributed by atoms with E-state index >= 15 is 0 Å². The fraction of sp³-hybridized carbons (Fsp3) is 0.737. The second kappa shape index (κ2) is 17.0. The van der Waals surface area contributed by atoms with Gasteiger partial charge in [-0.2, -0.15) is 0 Å². The number of esters is 1. The molecule has 21 heavy (non-hydrogen) atoms. The zero-order valence-corrected chi connectivity index (χ0v) is 14.1. The summed E-state index contributed by atoms with van der Waals surface area (Å²) in [5.41, 5.74) is 0. The third kappa shape index (κ3) is 16.9. The minimum Gasteiger partial charge on any atom is -0.469 e.